The normalized spacial score (nSPS) is 12.9. The first-order valence-corrected chi connectivity index (χ1v) is 9.92. The first kappa shape index (κ1) is 19.0. The summed E-state index contributed by atoms with van der Waals surface area (Å²) in [6, 6.07) is 20.3. The minimum atomic E-state index is -0.146. The van der Waals surface area contributed by atoms with Crippen LogP contribution in [-0.4, -0.2) is 31.1 Å². The number of rotatable bonds is 6. The van der Waals surface area contributed by atoms with Crippen LogP contribution in [0.15, 0.2) is 66.9 Å². The fraction of sp³-hybridized carbons (Fsp3) is 0.250. The van der Waals surface area contributed by atoms with Gasteiger partial charge in [0.2, 0.25) is 0 Å². The van der Waals surface area contributed by atoms with Crippen molar-refractivity contribution in [3.05, 3.63) is 89.2 Å². The summed E-state index contributed by atoms with van der Waals surface area (Å²) in [5, 5.41) is 2.97. The van der Waals surface area contributed by atoms with Gasteiger partial charge in [-0.05, 0) is 53.8 Å². The minimum Gasteiger partial charge on any atom is -0.497 e. The maximum Gasteiger partial charge on any atom is 0.269 e. The second kappa shape index (κ2) is 8.78. The van der Waals surface area contributed by atoms with E-state index >= 15 is 0 Å². The highest BCUT2D eigenvalue weighted by Gasteiger charge is 2.17. The average Bonchev–Trinajstić information content (AvgIpc) is 2.79. The van der Waals surface area contributed by atoms with E-state index in [9.17, 15) is 4.79 Å². The molecule has 2 aromatic carbocycles. The van der Waals surface area contributed by atoms with Gasteiger partial charge in [-0.3, -0.25) is 9.78 Å². The summed E-state index contributed by atoms with van der Waals surface area (Å²) in [4.78, 5) is 19.1. The van der Waals surface area contributed by atoms with Gasteiger partial charge < -0.3 is 15.0 Å². The highest BCUT2D eigenvalue weighted by Crippen LogP contribution is 2.24. The molecule has 0 fully saturated rings. The molecular weight excluding hydrogens is 362 g/mol. The van der Waals surface area contributed by atoms with Crippen molar-refractivity contribution in [2.75, 3.05) is 25.1 Å². The Bertz CT molecular complexity index is 1000. The molecule has 1 aliphatic heterocycles. The van der Waals surface area contributed by atoms with E-state index < -0.39 is 0 Å². The third-order valence-electron chi connectivity index (χ3n) is 5.31. The molecule has 0 saturated heterocycles. The lowest BCUT2D eigenvalue weighted by atomic mass is 9.99. The molecule has 1 N–H and O–H groups in total. The van der Waals surface area contributed by atoms with E-state index in [0.717, 1.165) is 42.9 Å². The lowest BCUT2D eigenvalue weighted by Gasteiger charge is -2.30. The van der Waals surface area contributed by atoms with Gasteiger partial charge in [-0.25, -0.2) is 0 Å². The molecule has 5 heteroatoms. The Morgan fingerprint density at radius 2 is 1.97 bits per heavy atom. The van der Waals surface area contributed by atoms with E-state index in [0.29, 0.717) is 12.2 Å². The molecule has 1 aliphatic rings. The Kier molecular flexibility index (Phi) is 5.75. The van der Waals surface area contributed by atoms with Crippen LogP contribution in [0.3, 0.4) is 0 Å². The van der Waals surface area contributed by atoms with E-state index in [2.05, 4.69) is 39.5 Å². The molecule has 4 rings (SSSR count). The van der Waals surface area contributed by atoms with Crippen LogP contribution in [0.25, 0.3) is 0 Å². The Hall–Kier alpha value is -3.34. The van der Waals surface area contributed by atoms with Crippen molar-refractivity contribution in [1.82, 2.24) is 10.3 Å². The summed E-state index contributed by atoms with van der Waals surface area (Å²) >= 11 is 0. The van der Waals surface area contributed by atoms with Gasteiger partial charge in [-0.2, -0.15) is 0 Å². The molecule has 0 unspecified atom stereocenters. The Balaban J connectivity index is 1.37. The Labute approximate surface area is 171 Å². The first-order valence-electron chi connectivity index (χ1n) is 9.92. The lowest BCUT2D eigenvalue weighted by molar-refractivity contribution is 0.0949. The molecule has 29 heavy (non-hydrogen) atoms. The third kappa shape index (κ3) is 4.57. The van der Waals surface area contributed by atoms with Crippen LogP contribution in [0.1, 0.15) is 27.2 Å². The zero-order chi connectivity index (χ0) is 20.1. The summed E-state index contributed by atoms with van der Waals surface area (Å²) in [7, 11) is 1.65. The molecule has 0 atom stereocenters. The van der Waals surface area contributed by atoms with Crippen LogP contribution in [0.2, 0.25) is 0 Å². The predicted molar refractivity (Wildman–Crippen MR) is 114 cm³/mol. The molecule has 2 heterocycles. The topological polar surface area (TPSA) is 54.5 Å². The highest BCUT2D eigenvalue weighted by molar-refractivity contribution is 5.93. The average molecular weight is 387 g/mol. The number of nitrogens with one attached hydrogen (secondary N) is 1. The van der Waals surface area contributed by atoms with Gasteiger partial charge in [0, 0.05) is 31.5 Å². The lowest BCUT2D eigenvalue weighted by Crippen LogP contribution is -2.31. The van der Waals surface area contributed by atoms with Crippen molar-refractivity contribution >= 4 is 11.6 Å². The molecule has 0 saturated carbocycles. The number of hydrogen-bond acceptors (Lipinski definition) is 4. The van der Waals surface area contributed by atoms with E-state index in [1.165, 1.54) is 11.1 Å². The van der Waals surface area contributed by atoms with Crippen molar-refractivity contribution in [2.24, 2.45) is 0 Å². The van der Waals surface area contributed by atoms with Crippen molar-refractivity contribution in [1.29, 1.82) is 0 Å². The Morgan fingerprint density at radius 3 is 2.83 bits per heavy atom. The SMILES string of the molecule is COc1cccc(CCNC(=O)c2cc(N3CCc4ccccc4C3)ccn2)c1. The van der Waals surface area contributed by atoms with Gasteiger partial charge in [-0.1, -0.05) is 36.4 Å². The number of benzene rings is 2. The predicted octanol–water partition coefficient (Wildman–Crippen LogP) is 3.63. The minimum absolute atomic E-state index is 0.146. The molecule has 0 bridgehead atoms. The van der Waals surface area contributed by atoms with Crippen LogP contribution in [0, 0.1) is 0 Å². The van der Waals surface area contributed by atoms with Gasteiger partial charge in [-0.15, -0.1) is 0 Å². The number of amides is 1. The van der Waals surface area contributed by atoms with Gasteiger partial charge in [0.05, 0.1) is 7.11 Å². The maximum absolute atomic E-state index is 12.6. The summed E-state index contributed by atoms with van der Waals surface area (Å²) < 4.78 is 5.24. The fourth-order valence-corrected chi connectivity index (χ4v) is 3.70. The van der Waals surface area contributed by atoms with Gasteiger partial charge in [0.15, 0.2) is 0 Å². The van der Waals surface area contributed by atoms with Crippen LogP contribution in [-0.2, 0) is 19.4 Å². The molecular formula is C24H25N3O2. The van der Waals surface area contributed by atoms with Crippen LogP contribution < -0.4 is 15.0 Å². The number of methoxy groups -OCH3 is 1. The van der Waals surface area contributed by atoms with Crippen LogP contribution in [0.4, 0.5) is 5.69 Å². The Morgan fingerprint density at radius 1 is 1.10 bits per heavy atom. The van der Waals surface area contributed by atoms with E-state index in [1.54, 1.807) is 13.3 Å². The largest absolute Gasteiger partial charge is 0.497 e. The van der Waals surface area contributed by atoms with E-state index in [1.807, 2.05) is 36.4 Å². The zero-order valence-corrected chi connectivity index (χ0v) is 16.6. The molecule has 1 amide bonds. The van der Waals surface area contributed by atoms with Gasteiger partial charge >= 0.3 is 0 Å². The van der Waals surface area contributed by atoms with Crippen LogP contribution >= 0.6 is 0 Å². The van der Waals surface area contributed by atoms with Crippen molar-refractivity contribution in [3.8, 4) is 5.75 Å². The number of carbonyl (C=O) groups excluding carboxylic acids is 1. The molecule has 5 nitrogen and oxygen atoms in total. The number of carbonyl (C=O) groups is 1. The zero-order valence-electron chi connectivity index (χ0n) is 16.6. The van der Waals surface area contributed by atoms with Crippen molar-refractivity contribution in [3.63, 3.8) is 0 Å². The smallest absolute Gasteiger partial charge is 0.269 e. The number of hydrogen-bond donors (Lipinski definition) is 1. The maximum atomic E-state index is 12.6. The number of aromatic nitrogens is 1. The molecule has 1 aromatic heterocycles. The fourth-order valence-electron chi connectivity index (χ4n) is 3.70. The molecule has 0 radical (unpaired) electrons. The number of anilines is 1. The summed E-state index contributed by atoms with van der Waals surface area (Å²) in [5.74, 6) is 0.679. The second-order valence-corrected chi connectivity index (χ2v) is 7.20. The summed E-state index contributed by atoms with van der Waals surface area (Å²) in [6.07, 6.45) is 3.47. The van der Waals surface area contributed by atoms with Crippen molar-refractivity contribution < 1.29 is 9.53 Å². The summed E-state index contributed by atoms with van der Waals surface area (Å²) in [5.41, 5.74) is 5.37. The van der Waals surface area contributed by atoms with Gasteiger partial charge in [0.25, 0.3) is 5.91 Å². The van der Waals surface area contributed by atoms with E-state index in [-0.39, 0.29) is 5.91 Å². The number of nitrogens with zero attached hydrogens (tertiary/aromatic N) is 2. The summed E-state index contributed by atoms with van der Waals surface area (Å²) in [6.45, 7) is 2.35. The third-order valence-corrected chi connectivity index (χ3v) is 5.31. The second-order valence-electron chi connectivity index (χ2n) is 7.20. The standard InChI is InChI=1S/C24H25N3O2/c1-29-22-8-4-5-18(15-22)9-12-26-24(28)23-16-21(10-13-25-23)27-14-11-19-6-2-3-7-20(19)17-27/h2-8,10,13,15-16H,9,11-12,14,17H2,1H3,(H,26,28). The first-order chi connectivity index (χ1) is 14.2. The molecule has 148 valence electrons. The quantitative estimate of drug-likeness (QED) is 0.702. The highest BCUT2D eigenvalue weighted by atomic mass is 16.5. The van der Waals surface area contributed by atoms with Crippen LogP contribution in [0.5, 0.6) is 5.75 Å². The van der Waals surface area contributed by atoms with Crippen molar-refractivity contribution in [2.45, 2.75) is 19.4 Å². The molecule has 3 aromatic rings. The number of ether oxygens (including phenoxy) is 1. The molecule has 0 aliphatic carbocycles. The number of fused-ring (bicyclic) bond motifs is 1. The monoisotopic (exact) mass is 387 g/mol. The van der Waals surface area contributed by atoms with E-state index in [4.69, 9.17) is 4.74 Å². The van der Waals surface area contributed by atoms with Gasteiger partial charge in [0.1, 0.15) is 11.4 Å². The molecule has 0 spiro atoms. The number of pyridine rings is 1.